The van der Waals surface area contributed by atoms with E-state index in [1.165, 1.54) is 42.3 Å². The van der Waals surface area contributed by atoms with Gasteiger partial charge in [0.25, 0.3) is 11.8 Å². The number of benzene rings is 1. The predicted octanol–water partition coefficient (Wildman–Crippen LogP) is 3.97. The Morgan fingerprint density at radius 1 is 1.20 bits per heavy atom. The van der Waals surface area contributed by atoms with Crippen LogP contribution in [0.1, 0.15) is 54.4 Å². The summed E-state index contributed by atoms with van der Waals surface area (Å²) in [6.45, 7) is 0. The van der Waals surface area contributed by atoms with Crippen LogP contribution >= 0.6 is 24.0 Å². The molecule has 0 radical (unpaired) electrons. The van der Waals surface area contributed by atoms with E-state index in [9.17, 15) is 9.59 Å². The molecule has 1 saturated carbocycles. The van der Waals surface area contributed by atoms with Crippen molar-refractivity contribution in [3.8, 4) is 0 Å². The number of carbonyl (C=O) groups excluding carboxylic acids is 2. The van der Waals surface area contributed by atoms with Crippen molar-refractivity contribution in [2.45, 2.75) is 44.6 Å². The highest BCUT2D eigenvalue weighted by molar-refractivity contribution is 8.26. The molecule has 132 valence electrons. The number of nitrogens with one attached hydrogen (secondary N) is 1. The zero-order valence-electron chi connectivity index (χ0n) is 14.3. The summed E-state index contributed by atoms with van der Waals surface area (Å²) >= 11 is 6.43. The molecule has 1 aromatic carbocycles. The van der Waals surface area contributed by atoms with E-state index in [1.54, 1.807) is 7.05 Å². The Kier molecular flexibility index (Phi) is 5.91. The highest BCUT2D eigenvalue weighted by Crippen LogP contribution is 2.31. The largest absolute Gasteiger partial charge is 0.349 e. The summed E-state index contributed by atoms with van der Waals surface area (Å²) in [6, 6.07) is 7.64. The van der Waals surface area contributed by atoms with Crippen molar-refractivity contribution in [1.82, 2.24) is 10.2 Å². The second-order valence-corrected chi connectivity index (χ2v) is 8.20. The van der Waals surface area contributed by atoms with Gasteiger partial charge in [-0.15, -0.1) is 0 Å². The van der Waals surface area contributed by atoms with Crippen molar-refractivity contribution < 1.29 is 9.59 Å². The van der Waals surface area contributed by atoms with Crippen LogP contribution in [0.25, 0.3) is 6.08 Å². The first-order valence-corrected chi connectivity index (χ1v) is 9.89. The summed E-state index contributed by atoms with van der Waals surface area (Å²) in [4.78, 5) is 26.5. The summed E-state index contributed by atoms with van der Waals surface area (Å²) in [6.07, 6.45) is 8.89. The molecule has 6 heteroatoms. The third kappa shape index (κ3) is 4.50. The van der Waals surface area contributed by atoms with Crippen molar-refractivity contribution >= 4 is 46.2 Å². The minimum Gasteiger partial charge on any atom is -0.349 e. The molecule has 3 rings (SSSR count). The fraction of sp³-hybridized carbons (Fsp3) is 0.421. The van der Waals surface area contributed by atoms with Crippen LogP contribution in [0.4, 0.5) is 0 Å². The Labute approximate surface area is 158 Å². The van der Waals surface area contributed by atoms with Gasteiger partial charge in [0, 0.05) is 18.7 Å². The van der Waals surface area contributed by atoms with Gasteiger partial charge in [0.15, 0.2) is 0 Å². The average molecular weight is 375 g/mol. The maximum absolute atomic E-state index is 12.4. The molecule has 0 aromatic heterocycles. The van der Waals surface area contributed by atoms with Crippen LogP contribution in [0.5, 0.6) is 0 Å². The molecule has 1 N–H and O–H groups in total. The Balaban J connectivity index is 1.65. The van der Waals surface area contributed by atoms with Crippen LogP contribution in [0.2, 0.25) is 0 Å². The SMILES string of the molecule is CN1C(=O)/C(=C\c2ccc(C(=O)NC3CCCCCC3)cc2)SC1=S. The van der Waals surface area contributed by atoms with E-state index in [0.717, 1.165) is 18.4 Å². The van der Waals surface area contributed by atoms with Crippen LogP contribution in [0.3, 0.4) is 0 Å². The van der Waals surface area contributed by atoms with Crippen LogP contribution in [-0.2, 0) is 4.79 Å². The number of thioether (sulfide) groups is 1. The zero-order valence-corrected chi connectivity index (χ0v) is 15.9. The molecule has 0 spiro atoms. The van der Waals surface area contributed by atoms with Gasteiger partial charge in [0.1, 0.15) is 4.32 Å². The van der Waals surface area contributed by atoms with Gasteiger partial charge < -0.3 is 5.32 Å². The third-order valence-corrected chi connectivity index (χ3v) is 6.13. The Morgan fingerprint density at radius 2 is 1.84 bits per heavy atom. The number of thiocarbonyl (C=S) groups is 1. The highest BCUT2D eigenvalue weighted by atomic mass is 32.2. The second kappa shape index (κ2) is 8.15. The highest BCUT2D eigenvalue weighted by Gasteiger charge is 2.28. The monoisotopic (exact) mass is 374 g/mol. The zero-order chi connectivity index (χ0) is 17.8. The standard InChI is InChI=1S/C19H22N2O2S2/c1-21-18(23)16(25-19(21)24)12-13-8-10-14(11-9-13)17(22)20-15-6-4-2-3-5-7-15/h8-12,15H,2-7H2,1H3,(H,20,22)/b16-12+. The van der Waals surface area contributed by atoms with Gasteiger partial charge in [-0.05, 0) is 36.6 Å². The quantitative estimate of drug-likeness (QED) is 0.494. The van der Waals surface area contributed by atoms with Crippen molar-refractivity contribution in [1.29, 1.82) is 0 Å². The molecule has 4 nitrogen and oxygen atoms in total. The second-order valence-electron chi connectivity index (χ2n) is 6.52. The average Bonchev–Trinajstić information content (AvgIpc) is 2.80. The lowest BCUT2D eigenvalue weighted by Gasteiger charge is -2.16. The summed E-state index contributed by atoms with van der Waals surface area (Å²) < 4.78 is 0.565. The molecule has 2 aliphatic rings. The molecule has 1 aliphatic heterocycles. The lowest BCUT2D eigenvalue weighted by molar-refractivity contribution is -0.121. The molecule has 0 unspecified atom stereocenters. The molecule has 25 heavy (non-hydrogen) atoms. The molecule has 1 aliphatic carbocycles. The first kappa shape index (κ1) is 18.1. The smallest absolute Gasteiger partial charge is 0.265 e. The van der Waals surface area contributed by atoms with E-state index in [1.807, 2.05) is 30.3 Å². The van der Waals surface area contributed by atoms with Crippen LogP contribution in [0.15, 0.2) is 29.2 Å². The molecular formula is C19H22N2O2S2. The molecule has 2 fully saturated rings. The minimum absolute atomic E-state index is 0.0154. The molecule has 2 amide bonds. The summed E-state index contributed by atoms with van der Waals surface area (Å²) in [7, 11) is 1.68. The lowest BCUT2D eigenvalue weighted by Crippen LogP contribution is -2.34. The normalized spacial score (nSPS) is 20.8. The van der Waals surface area contributed by atoms with Gasteiger partial charge in [-0.1, -0.05) is 61.8 Å². The molecular weight excluding hydrogens is 352 g/mol. The van der Waals surface area contributed by atoms with E-state index < -0.39 is 0 Å². The predicted molar refractivity (Wildman–Crippen MR) is 106 cm³/mol. The Hall–Kier alpha value is -1.66. The van der Waals surface area contributed by atoms with Gasteiger partial charge in [-0.3, -0.25) is 14.5 Å². The van der Waals surface area contributed by atoms with Crippen molar-refractivity contribution in [2.75, 3.05) is 7.05 Å². The van der Waals surface area contributed by atoms with E-state index in [-0.39, 0.29) is 11.8 Å². The van der Waals surface area contributed by atoms with E-state index in [4.69, 9.17) is 12.2 Å². The fourth-order valence-corrected chi connectivity index (χ4v) is 4.30. The summed E-state index contributed by atoms with van der Waals surface area (Å²) in [5.74, 6) is -0.0940. The number of rotatable bonds is 3. The van der Waals surface area contributed by atoms with Crippen LogP contribution in [-0.4, -0.2) is 34.1 Å². The van der Waals surface area contributed by atoms with Crippen molar-refractivity contribution in [3.63, 3.8) is 0 Å². The van der Waals surface area contributed by atoms with Gasteiger partial charge in [0.2, 0.25) is 0 Å². The first-order chi connectivity index (χ1) is 12.0. The summed E-state index contributed by atoms with van der Waals surface area (Å²) in [5, 5.41) is 3.15. The molecule has 0 bridgehead atoms. The number of amides is 2. The van der Waals surface area contributed by atoms with Gasteiger partial charge in [0.05, 0.1) is 4.91 Å². The number of hydrogen-bond donors (Lipinski definition) is 1. The van der Waals surface area contributed by atoms with E-state index >= 15 is 0 Å². The van der Waals surface area contributed by atoms with Gasteiger partial charge in [-0.25, -0.2) is 0 Å². The molecule has 1 saturated heterocycles. The number of hydrogen-bond acceptors (Lipinski definition) is 4. The number of likely N-dealkylation sites (N-methyl/N-ethyl adjacent to an activating group) is 1. The first-order valence-electron chi connectivity index (χ1n) is 8.67. The molecule has 1 aromatic rings. The maximum Gasteiger partial charge on any atom is 0.265 e. The summed E-state index contributed by atoms with van der Waals surface area (Å²) in [5.41, 5.74) is 1.55. The molecule has 0 atom stereocenters. The Morgan fingerprint density at radius 3 is 2.40 bits per heavy atom. The van der Waals surface area contributed by atoms with Gasteiger partial charge >= 0.3 is 0 Å². The van der Waals surface area contributed by atoms with E-state index in [2.05, 4.69) is 5.32 Å². The fourth-order valence-electron chi connectivity index (χ4n) is 3.12. The van der Waals surface area contributed by atoms with Crippen LogP contribution in [0, 0.1) is 0 Å². The minimum atomic E-state index is -0.0785. The Bertz CT molecular complexity index is 705. The van der Waals surface area contributed by atoms with E-state index in [0.29, 0.717) is 20.8 Å². The maximum atomic E-state index is 12.4. The lowest BCUT2D eigenvalue weighted by atomic mass is 10.1. The molecule has 1 heterocycles. The van der Waals surface area contributed by atoms with Crippen molar-refractivity contribution in [3.05, 3.63) is 40.3 Å². The van der Waals surface area contributed by atoms with Crippen molar-refractivity contribution in [2.24, 2.45) is 0 Å². The third-order valence-electron chi connectivity index (χ3n) is 4.65. The van der Waals surface area contributed by atoms with Crippen LogP contribution < -0.4 is 5.32 Å². The number of nitrogens with zero attached hydrogens (tertiary/aromatic N) is 1. The topological polar surface area (TPSA) is 49.4 Å². The number of carbonyl (C=O) groups is 2. The van der Waals surface area contributed by atoms with Gasteiger partial charge in [-0.2, -0.15) is 0 Å².